The minimum absolute atomic E-state index is 0.000616. The first-order valence-corrected chi connectivity index (χ1v) is 28.7. The highest BCUT2D eigenvalue weighted by molar-refractivity contribution is 6.77. The van der Waals surface area contributed by atoms with Crippen LogP contribution in [0.25, 0.3) is 10.4 Å². The van der Waals surface area contributed by atoms with Gasteiger partial charge in [-0.15, -0.1) is 0 Å². The summed E-state index contributed by atoms with van der Waals surface area (Å²) in [5, 5.41) is 15.3. The SMILES string of the molecule is C=C/C=C\[C@H](C)[C@H](O)[C@@H](C)[C@@H](CC[C@H](C)C[C@H](C)[C@@H](C)[C@@H](C)/C=C\C(=O)C[C@H](O[Si](C)(C)C(C)(C)C)[C@@H](/C=C/C=C\C)CCCCN=[N+]=[N-])O[Si](C(C)C)(C(C)C)C(C)C. The van der Waals surface area contributed by atoms with E-state index in [0.29, 0.717) is 47.3 Å². The fourth-order valence-corrected chi connectivity index (χ4v) is 16.0. The van der Waals surface area contributed by atoms with Gasteiger partial charge in [-0.1, -0.05) is 171 Å². The molecule has 0 aliphatic carbocycles. The molecule has 0 saturated carbocycles. The van der Waals surface area contributed by atoms with E-state index < -0.39 is 22.7 Å². The van der Waals surface area contributed by atoms with Gasteiger partial charge in [-0.25, -0.2) is 0 Å². The number of rotatable bonds is 31. The summed E-state index contributed by atoms with van der Waals surface area (Å²) >= 11 is 0. The molecule has 0 aromatic carbocycles. The molecule has 0 saturated heterocycles. The van der Waals surface area contributed by atoms with Crippen LogP contribution in [0.1, 0.15) is 156 Å². The Morgan fingerprint density at radius 3 is 1.90 bits per heavy atom. The predicted octanol–water partition coefficient (Wildman–Crippen LogP) is 15.8. The smallest absolute Gasteiger partial charge is 0.200 e. The van der Waals surface area contributed by atoms with Crippen molar-refractivity contribution in [1.29, 1.82) is 0 Å². The number of azide groups is 1. The summed E-state index contributed by atoms with van der Waals surface area (Å²) in [6.07, 6.45) is 23.3. The summed E-state index contributed by atoms with van der Waals surface area (Å²) < 4.78 is 14.5. The molecule has 346 valence electrons. The van der Waals surface area contributed by atoms with E-state index in [4.69, 9.17) is 14.4 Å². The maximum atomic E-state index is 13.8. The van der Waals surface area contributed by atoms with E-state index in [1.807, 2.05) is 31.2 Å². The number of carbonyl (C=O) groups is 1. The first-order valence-electron chi connectivity index (χ1n) is 23.7. The zero-order valence-electron chi connectivity index (χ0n) is 42.1. The first kappa shape index (κ1) is 58.0. The molecule has 0 rings (SSSR count). The van der Waals surface area contributed by atoms with Gasteiger partial charge in [-0.2, -0.15) is 0 Å². The first-order chi connectivity index (χ1) is 27.8. The molecule has 0 amide bonds. The molecule has 0 bridgehead atoms. The van der Waals surface area contributed by atoms with Crippen LogP contribution in [0.2, 0.25) is 34.8 Å². The Morgan fingerprint density at radius 1 is 0.783 bits per heavy atom. The topological polar surface area (TPSA) is 105 Å². The Labute approximate surface area is 373 Å². The van der Waals surface area contributed by atoms with Gasteiger partial charge >= 0.3 is 0 Å². The average molecular weight is 871 g/mol. The van der Waals surface area contributed by atoms with Gasteiger partial charge in [0, 0.05) is 35.6 Å². The lowest BCUT2D eigenvalue weighted by atomic mass is 9.78. The standard InChI is InChI=1S/C51H95N3O4Si2/c1-20-22-24-28-46(29-25-26-34-53-54-52)49(57-59(18,19)51(15,16)17)36-47(55)32-31-41(10)44(13)43(12)35-40(9)30-33-48(45(14)50(56)42(11)27-23-21-2)58-60(37(3)4,38(5)6)39(7)8/h20-24,27-28,31-32,37-46,48-50,56H,2,25-26,29-30,33-36H2,1,3-19H3/b22-20-,27-23-,28-24+,32-31-/t40-,41-,42-,43-,44-,45-,46-,48+,49-,50-/m0/s1. The number of aliphatic hydroxyl groups is 1. The van der Waals surface area contributed by atoms with Crippen LogP contribution in [0.4, 0.5) is 0 Å². The van der Waals surface area contributed by atoms with Crippen molar-refractivity contribution in [2.75, 3.05) is 6.54 Å². The predicted molar refractivity (Wildman–Crippen MR) is 266 cm³/mol. The highest BCUT2D eigenvalue weighted by Crippen LogP contribution is 2.45. The van der Waals surface area contributed by atoms with E-state index >= 15 is 0 Å². The van der Waals surface area contributed by atoms with Gasteiger partial charge in [0.25, 0.3) is 0 Å². The molecule has 0 radical (unpaired) electrons. The number of unbranched alkanes of at least 4 members (excludes halogenated alkanes) is 1. The summed E-state index contributed by atoms with van der Waals surface area (Å²) in [6, 6.07) is 0. The van der Waals surface area contributed by atoms with Crippen LogP contribution in [0.15, 0.2) is 66.4 Å². The third-order valence-corrected chi connectivity index (χ3v) is 24.8. The van der Waals surface area contributed by atoms with Gasteiger partial charge in [0.1, 0.15) is 0 Å². The summed E-state index contributed by atoms with van der Waals surface area (Å²) in [7, 11) is -4.36. The van der Waals surface area contributed by atoms with E-state index in [-0.39, 0.29) is 46.7 Å². The van der Waals surface area contributed by atoms with E-state index in [1.54, 1.807) is 6.08 Å². The second kappa shape index (κ2) is 28.6. The fraction of sp³-hybridized carbons (Fsp3) is 0.784. The molecule has 0 spiro atoms. The lowest BCUT2D eigenvalue weighted by Crippen LogP contribution is -2.52. The largest absolute Gasteiger partial charge is 0.413 e. The minimum atomic E-state index is -2.18. The molecule has 0 heterocycles. The van der Waals surface area contributed by atoms with Crippen LogP contribution in [0.5, 0.6) is 0 Å². The van der Waals surface area contributed by atoms with Gasteiger partial charge < -0.3 is 14.0 Å². The number of aliphatic hydroxyl groups excluding tert-OH is 1. The van der Waals surface area contributed by atoms with Crippen molar-refractivity contribution in [3.05, 3.63) is 71.7 Å². The van der Waals surface area contributed by atoms with Crippen molar-refractivity contribution < 1.29 is 18.8 Å². The van der Waals surface area contributed by atoms with Crippen molar-refractivity contribution in [1.82, 2.24) is 0 Å². The highest BCUT2D eigenvalue weighted by atomic mass is 28.4. The lowest BCUT2D eigenvalue weighted by molar-refractivity contribution is -0.116. The third kappa shape index (κ3) is 19.6. The van der Waals surface area contributed by atoms with Crippen LogP contribution in [0, 0.1) is 41.4 Å². The molecular weight excluding hydrogens is 775 g/mol. The van der Waals surface area contributed by atoms with Gasteiger partial charge in [0.05, 0.1) is 18.3 Å². The van der Waals surface area contributed by atoms with E-state index in [1.165, 1.54) is 0 Å². The number of carbonyl (C=O) groups excluding carboxylic acids is 1. The van der Waals surface area contributed by atoms with Crippen molar-refractivity contribution in [2.45, 2.75) is 209 Å². The second-order valence-electron chi connectivity index (χ2n) is 20.9. The number of hydrogen-bond acceptors (Lipinski definition) is 5. The van der Waals surface area contributed by atoms with Gasteiger partial charge in [-0.05, 0) is 109 Å². The summed E-state index contributed by atoms with van der Waals surface area (Å²) in [4.78, 5) is 16.7. The van der Waals surface area contributed by atoms with Crippen LogP contribution in [-0.4, -0.2) is 52.4 Å². The van der Waals surface area contributed by atoms with Gasteiger partial charge in [0.2, 0.25) is 8.32 Å². The Hall–Kier alpha value is -2.01. The number of allylic oxidation sites excluding steroid dienone is 7. The van der Waals surface area contributed by atoms with Crippen LogP contribution >= 0.6 is 0 Å². The Bertz CT molecular complexity index is 1370. The van der Waals surface area contributed by atoms with Crippen molar-refractivity contribution in [2.24, 2.45) is 46.5 Å². The molecule has 60 heavy (non-hydrogen) atoms. The molecule has 0 aromatic rings. The van der Waals surface area contributed by atoms with Crippen LogP contribution in [0.3, 0.4) is 0 Å². The molecule has 0 unspecified atom stereocenters. The number of hydrogen-bond donors (Lipinski definition) is 1. The molecule has 0 fully saturated rings. The molecule has 0 aliphatic rings. The zero-order valence-corrected chi connectivity index (χ0v) is 44.1. The second-order valence-corrected chi connectivity index (χ2v) is 31.1. The summed E-state index contributed by atoms with van der Waals surface area (Å²) in [5.74, 6) is 1.80. The normalized spacial score (nSPS) is 18.6. The van der Waals surface area contributed by atoms with Crippen molar-refractivity contribution >= 4 is 22.4 Å². The van der Waals surface area contributed by atoms with Crippen molar-refractivity contribution in [3.63, 3.8) is 0 Å². The Balaban J connectivity index is 6.12. The number of ketones is 1. The van der Waals surface area contributed by atoms with Crippen molar-refractivity contribution in [3.8, 4) is 0 Å². The molecule has 0 aliphatic heterocycles. The zero-order chi connectivity index (χ0) is 46.4. The highest BCUT2D eigenvalue weighted by Gasteiger charge is 2.48. The molecule has 7 nitrogen and oxygen atoms in total. The molecule has 9 heteroatoms. The average Bonchev–Trinajstić information content (AvgIpc) is 3.16. The Morgan fingerprint density at radius 2 is 1.38 bits per heavy atom. The maximum Gasteiger partial charge on any atom is 0.200 e. The van der Waals surface area contributed by atoms with Crippen LogP contribution in [-0.2, 0) is 13.6 Å². The quantitative estimate of drug-likeness (QED) is 0.0142. The number of nitrogens with zero attached hydrogens (tertiary/aromatic N) is 3. The fourth-order valence-electron chi connectivity index (χ4n) is 8.97. The maximum absolute atomic E-state index is 13.8. The summed E-state index contributed by atoms with van der Waals surface area (Å²) in [5.41, 5.74) is 10.2. The summed E-state index contributed by atoms with van der Waals surface area (Å²) in [6.45, 7) is 45.2. The molecule has 10 atom stereocenters. The molecular formula is C51H95N3O4Si2. The van der Waals surface area contributed by atoms with E-state index in [9.17, 15) is 9.90 Å². The minimum Gasteiger partial charge on any atom is -0.413 e. The van der Waals surface area contributed by atoms with E-state index in [2.05, 4.69) is 158 Å². The van der Waals surface area contributed by atoms with E-state index in [0.717, 1.165) is 38.5 Å². The molecule has 0 aromatic heterocycles. The van der Waals surface area contributed by atoms with Gasteiger partial charge in [-0.3, -0.25) is 4.79 Å². The Kier molecular flexibility index (Phi) is 27.7. The van der Waals surface area contributed by atoms with Gasteiger partial charge in [0.15, 0.2) is 14.1 Å². The molecule has 1 N–H and O–H groups in total. The van der Waals surface area contributed by atoms with Crippen LogP contribution < -0.4 is 0 Å². The lowest BCUT2D eigenvalue weighted by Gasteiger charge is -2.47. The third-order valence-electron chi connectivity index (χ3n) is 14.2. The monoisotopic (exact) mass is 870 g/mol.